The smallest absolute Gasteiger partial charge is 0.183 e. The van der Waals surface area contributed by atoms with Crippen molar-refractivity contribution in [2.24, 2.45) is 4.99 Å². The normalized spacial score (nSPS) is 18.6. The number of nitrogens with zero attached hydrogens (tertiary/aromatic N) is 1. The van der Waals surface area contributed by atoms with E-state index in [0.717, 1.165) is 38.3 Å². The van der Waals surface area contributed by atoms with Gasteiger partial charge in [0.25, 0.3) is 0 Å². The fraction of sp³-hybridized carbons (Fsp3) is 0.857. The predicted octanol–water partition coefficient (Wildman–Crippen LogP) is 1.61. The number of ether oxygens (including phenoxy) is 1. The number of aliphatic imine (C=N–C) groups is 1. The van der Waals surface area contributed by atoms with Gasteiger partial charge < -0.3 is 4.74 Å². The summed E-state index contributed by atoms with van der Waals surface area (Å²) >= 11 is 0. The van der Waals surface area contributed by atoms with Gasteiger partial charge in [-0.1, -0.05) is 6.92 Å². The first-order valence-corrected chi connectivity index (χ1v) is 3.59. The molecule has 0 aromatic carbocycles. The van der Waals surface area contributed by atoms with Crippen LogP contribution in [0, 0.1) is 0 Å². The van der Waals surface area contributed by atoms with Crippen LogP contribution in [0.3, 0.4) is 0 Å². The Labute approximate surface area is 55.9 Å². The Balaban J connectivity index is 2.28. The van der Waals surface area contributed by atoms with Crippen molar-refractivity contribution < 1.29 is 4.74 Å². The van der Waals surface area contributed by atoms with Gasteiger partial charge in [0.15, 0.2) is 5.90 Å². The molecule has 0 aromatic rings. The minimum Gasteiger partial charge on any atom is -0.481 e. The molecule has 0 fully saturated rings. The Kier molecular flexibility index (Phi) is 2.55. The molecule has 0 aliphatic carbocycles. The first kappa shape index (κ1) is 6.59. The maximum Gasteiger partial charge on any atom is 0.183 e. The molecule has 0 radical (unpaired) electrons. The van der Waals surface area contributed by atoms with Gasteiger partial charge in [-0.25, -0.2) is 0 Å². The van der Waals surface area contributed by atoms with E-state index in [9.17, 15) is 0 Å². The summed E-state index contributed by atoms with van der Waals surface area (Å²) in [4.78, 5) is 4.21. The van der Waals surface area contributed by atoms with Gasteiger partial charge in [-0.05, 0) is 6.42 Å². The molecule has 1 aliphatic rings. The molecule has 1 heterocycles. The Hall–Kier alpha value is -0.530. The maximum atomic E-state index is 5.27. The Morgan fingerprint density at radius 2 is 2.56 bits per heavy atom. The highest BCUT2D eigenvalue weighted by Gasteiger charge is 2.02. The highest BCUT2D eigenvalue weighted by atomic mass is 16.5. The van der Waals surface area contributed by atoms with E-state index in [1.807, 2.05) is 0 Å². The SMILES string of the molecule is CCCC1=NCCCO1. The summed E-state index contributed by atoms with van der Waals surface area (Å²) in [6.45, 7) is 3.98. The van der Waals surface area contributed by atoms with Crippen molar-refractivity contribution in [3.05, 3.63) is 0 Å². The van der Waals surface area contributed by atoms with Gasteiger partial charge in [-0.2, -0.15) is 0 Å². The van der Waals surface area contributed by atoms with Gasteiger partial charge in [0.05, 0.1) is 6.61 Å². The molecule has 0 atom stereocenters. The van der Waals surface area contributed by atoms with Crippen LogP contribution in [0.2, 0.25) is 0 Å². The summed E-state index contributed by atoms with van der Waals surface area (Å²) in [5.74, 6) is 0.962. The minimum absolute atomic E-state index is 0.874. The van der Waals surface area contributed by atoms with Crippen molar-refractivity contribution in [3.63, 3.8) is 0 Å². The molecular weight excluding hydrogens is 114 g/mol. The third kappa shape index (κ3) is 2.04. The standard InChI is InChI=1S/C7H13NO/c1-2-4-7-8-5-3-6-9-7/h2-6H2,1H3. The zero-order chi connectivity index (χ0) is 6.53. The van der Waals surface area contributed by atoms with E-state index in [1.165, 1.54) is 0 Å². The molecule has 0 saturated carbocycles. The molecule has 52 valence electrons. The van der Waals surface area contributed by atoms with Gasteiger partial charge in [0.1, 0.15) is 0 Å². The summed E-state index contributed by atoms with van der Waals surface area (Å²) in [5.41, 5.74) is 0. The molecule has 0 unspecified atom stereocenters. The minimum atomic E-state index is 0.874. The second kappa shape index (κ2) is 3.49. The number of rotatable bonds is 2. The van der Waals surface area contributed by atoms with Crippen molar-refractivity contribution in [2.45, 2.75) is 26.2 Å². The quantitative estimate of drug-likeness (QED) is 0.552. The van der Waals surface area contributed by atoms with Gasteiger partial charge in [0, 0.05) is 19.4 Å². The fourth-order valence-corrected chi connectivity index (χ4v) is 0.869. The topological polar surface area (TPSA) is 21.6 Å². The lowest BCUT2D eigenvalue weighted by Gasteiger charge is -2.12. The van der Waals surface area contributed by atoms with E-state index in [-0.39, 0.29) is 0 Å². The van der Waals surface area contributed by atoms with Crippen molar-refractivity contribution in [3.8, 4) is 0 Å². The Bertz CT molecular complexity index is 109. The average Bonchev–Trinajstić information content (AvgIpc) is 1.91. The summed E-state index contributed by atoms with van der Waals surface area (Å²) < 4.78 is 5.27. The Morgan fingerprint density at radius 1 is 1.67 bits per heavy atom. The van der Waals surface area contributed by atoms with Crippen LogP contribution >= 0.6 is 0 Å². The van der Waals surface area contributed by atoms with Crippen LogP contribution in [-0.2, 0) is 4.74 Å². The second-order valence-corrected chi connectivity index (χ2v) is 2.23. The molecule has 9 heavy (non-hydrogen) atoms. The number of hydrogen-bond donors (Lipinski definition) is 0. The average molecular weight is 127 g/mol. The lowest BCUT2D eigenvalue weighted by Crippen LogP contribution is -2.12. The Morgan fingerprint density at radius 3 is 3.11 bits per heavy atom. The zero-order valence-electron chi connectivity index (χ0n) is 5.89. The molecule has 0 amide bonds. The molecule has 0 bridgehead atoms. The van der Waals surface area contributed by atoms with E-state index in [4.69, 9.17) is 4.74 Å². The van der Waals surface area contributed by atoms with Crippen molar-refractivity contribution >= 4 is 5.90 Å². The van der Waals surface area contributed by atoms with Crippen molar-refractivity contribution in [1.82, 2.24) is 0 Å². The van der Waals surface area contributed by atoms with Crippen LogP contribution in [0.5, 0.6) is 0 Å². The van der Waals surface area contributed by atoms with Crippen LogP contribution in [-0.4, -0.2) is 19.0 Å². The van der Waals surface area contributed by atoms with Crippen LogP contribution in [0.25, 0.3) is 0 Å². The lowest BCUT2D eigenvalue weighted by molar-refractivity contribution is 0.273. The first-order chi connectivity index (χ1) is 4.43. The van der Waals surface area contributed by atoms with E-state index >= 15 is 0 Å². The van der Waals surface area contributed by atoms with Gasteiger partial charge in [-0.3, -0.25) is 4.99 Å². The summed E-state index contributed by atoms with van der Waals surface area (Å²) in [6, 6.07) is 0. The van der Waals surface area contributed by atoms with Gasteiger partial charge >= 0.3 is 0 Å². The van der Waals surface area contributed by atoms with Crippen LogP contribution in [0.1, 0.15) is 26.2 Å². The highest BCUT2D eigenvalue weighted by molar-refractivity contribution is 5.76. The van der Waals surface area contributed by atoms with Crippen molar-refractivity contribution in [1.29, 1.82) is 0 Å². The van der Waals surface area contributed by atoms with E-state index < -0.39 is 0 Å². The molecule has 2 nitrogen and oxygen atoms in total. The molecule has 0 spiro atoms. The van der Waals surface area contributed by atoms with E-state index in [2.05, 4.69) is 11.9 Å². The lowest BCUT2D eigenvalue weighted by atomic mass is 10.3. The maximum absolute atomic E-state index is 5.27. The summed E-state index contributed by atoms with van der Waals surface area (Å²) in [6.07, 6.45) is 3.24. The third-order valence-electron chi connectivity index (χ3n) is 1.32. The predicted molar refractivity (Wildman–Crippen MR) is 37.8 cm³/mol. The molecule has 0 saturated heterocycles. The zero-order valence-corrected chi connectivity index (χ0v) is 5.89. The highest BCUT2D eigenvalue weighted by Crippen LogP contribution is 2.01. The summed E-state index contributed by atoms with van der Waals surface area (Å²) in [7, 11) is 0. The molecule has 1 aliphatic heterocycles. The fourth-order valence-electron chi connectivity index (χ4n) is 0.869. The largest absolute Gasteiger partial charge is 0.481 e. The van der Waals surface area contributed by atoms with Crippen LogP contribution in [0.4, 0.5) is 0 Å². The number of hydrogen-bond acceptors (Lipinski definition) is 2. The van der Waals surface area contributed by atoms with Crippen molar-refractivity contribution in [2.75, 3.05) is 13.2 Å². The summed E-state index contributed by atoms with van der Waals surface area (Å²) in [5, 5.41) is 0. The first-order valence-electron chi connectivity index (χ1n) is 3.59. The van der Waals surface area contributed by atoms with E-state index in [1.54, 1.807) is 0 Å². The van der Waals surface area contributed by atoms with E-state index in [0.29, 0.717) is 0 Å². The van der Waals surface area contributed by atoms with Crippen LogP contribution < -0.4 is 0 Å². The molecule has 0 aromatic heterocycles. The second-order valence-electron chi connectivity index (χ2n) is 2.23. The molecule has 2 heteroatoms. The van der Waals surface area contributed by atoms with Gasteiger partial charge in [0.2, 0.25) is 0 Å². The monoisotopic (exact) mass is 127 g/mol. The molecule has 0 N–H and O–H groups in total. The third-order valence-corrected chi connectivity index (χ3v) is 1.32. The van der Waals surface area contributed by atoms with Crippen LogP contribution in [0.15, 0.2) is 4.99 Å². The molecular formula is C7H13NO. The molecule has 1 rings (SSSR count). The van der Waals surface area contributed by atoms with Gasteiger partial charge in [-0.15, -0.1) is 0 Å².